The maximum atomic E-state index is 12.0. The van der Waals surface area contributed by atoms with E-state index in [2.05, 4.69) is 20.3 Å². The zero-order valence-corrected chi connectivity index (χ0v) is 13.9. The molecule has 0 unspecified atom stereocenters. The quantitative estimate of drug-likeness (QED) is 0.874. The first kappa shape index (κ1) is 16.6. The fourth-order valence-electron chi connectivity index (χ4n) is 2.78. The summed E-state index contributed by atoms with van der Waals surface area (Å²) in [6.45, 7) is 3.49. The fraction of sp³-hybridized carbons (Fsp3) is 0.529. The van der Waals surface area contributed by atoms with Crippen LogP contribution in [0.4, 0.5) is 0 Å². The highest BCUT2D eigenvalue weighted by Crippen LogP contribution is 2.24. The molecule has 2 aromatic rings. The summed E-state index contributed by atoms with van der Waals surface area (Å²) in [5.74, 6) is 1.59. The van der Waals surface area contributed by atoms with Gasteiger partial charge in [-0.2, -0.15) is 0 Å². The number of amides is 1. The minimum absolute atomic E-state index is 0.0103. The summed E-state index contributed by atoms with van der Waals surface area (Å²) in [5.41, 5.74) is 0.879. The largest absolute Gasteiger partial charge is 0.370 e. The van der Waals surface area contributed by atoms with Crippen LogP contribution >= 0.6 is 0 Å². The molecular weight excluding hydrogens is 306 g/mol. The molecular formula is C17H23N5O2. The predicted molar refractivity (Wildman–Crippen MR) is 88.0 cm³/mol. The maximum absolute atomic E-state index is 12.0. The SMILES string of the molecule is CCc1nccn1CC(=O)NCc1cnc([C@H]2CCCCO2)nc1. The number of aryl methyl sites for hydroxylation is 1. The van der Waals surface area contributed by atoms with Gasteiger partial charge in [-0.25, -0.2) is 15.0 Å². The molecule has 1 aliphatic rings. The molecule has 0 spiro atoms. The van der Waals surface area contributed by atoms with Crippen LogP contribution in [0.25, 0.3) is 0 Å². The molecule has 0 saturated carbocycles. The molecule has 3 heterocycles. The molecule has 7 heteroatoms. The van der Waals surface area contributed by atoms with Gasteiger partial charge in [0, 0.05) is 49.9 Å². The number of hydrogen-bond donors (Lipinski definition) is 1. The number of hydrogen-bond acceptors (Lipinski definition) is 5. The average molecular weight is 329 g/mol. The lowest BCUT2D eigenvalue weighted by molar-refractivity contribution is -0.121. The molecule has 0 aromatic carbocycles. The molecule has 1 N–H and O–H groups in total. The lowest BCUT2D eigenvalue weighted by Crippen LogP contribution is -2.27. The first-order chi connectivity index (χ1) is 11.8. The standard InChI is InChI=1S/C17H23N5O2/c1-2-15-18-6-7-22(15)12-16(23)19-9-13-10-20-17(21-11-13)14-5-3-4-8-24-14/h6-7,10-11,14H,2-5,8-9,12H2,1H3,(H,19,23)/t14-/m1/s1. The summed E-state index contributed by atoms with van der Waals surface area (Å²) in [6, 6.07) is 0. The van der Waals surface area contributed by atoms with Gasteiger partial charge >= 0.3 is 0 Å². The number of nitrogens with one attached hydrogen (secondary N) is 1. The maximum Gasteiger partial charge on any atom is 0.240 e. The second kappa shape index (κ2) is 8.01. The molecule has 1 fully saturated rings. The van der Waals surface area contributed by atoms with Crippen molar-refractivity contribution in [3.05, 3.63) is 42.0 Å². The molecule has 0 aliphatic carbocycles. The summed E-state index contributed by atoms with van der Waals surface area (Å²) < 4.78 is 7.54. The Morgan fingerprint density at radius 1 is 1.33 bits per heavy atom. The van der Waals surface area contributed by atoms with E-state index in [4.69, 9.17) is 4.74 Å². The second-order valence-electron chi connectivity index (χ2n) is 5.91. The number of carbonyl (C=O) groups is 1. The van der Waals surface area contributed by atoms with Crippen molar-refractivity contribution in [1.29, 1.82) is 0 Å². The molecule has 0 radical (unpaired) electrons. The molecule has 1 aliphatic heterocycles. The van der Waals surface area contributed by atoms with Crippen molar-refractivity contribution in [2.24, 2.45) is 0 Å². The second-order valence-corrected chi connectivity index (χ2v) is 5.91. The van der Waals surface area contributed by atoms with E-state index >= 15 is 0 Å². The Morgan fingerprint density at radius 3 is 2.88 bits per heavy atom. The lowest BCUT2D eigenvalue weighted by atomic mass is 10.1. The van der Waals surface area contributed by atoms with E-state index in [0.717, 1.165) is 49.5 Å². The lowest BCUT2D eigenvalue weighted by Gasteiger charge is -2.21. The molecule has 24 heavy (non-hydrogen) atoms. The van der Waals surface area contributed by atoms with Crippen molar-refractivity contribution in [2.45, 2.75) is 51.8 Å². The summed E-state index contributed by atoms with van der Waals surface area (Å²) >= 11 is 0. The van der Waals surface area contributed by atoms with Crippen LogP contribution in [0.3, 0.4) is 0 Å². The Labute approximate surface area is 141 Å². The highest BCUT2D eigenvalue weighted by molar-refractivity contribution is 5.75. The third-order valence-electron chi connectivity index (χ3n) is 4.11. The van der Waals surface area contributed by atoms with Crippen LogP contribution in [-0.4, -0.2) is 32.0 Å². The summed E-state index contributed by atoms with van der Waals surface area (Å²) in [4.78, 5) is 25.0. The highest BCUT2D eigenvalue weighted by Gasteiger charge is 2.18. The van der Waals surface area contributed by atoms with Gasteiger partial charge in [-0.1, -0.05) is 6.92 Å². The minimum atomic E-state index is -0.0533. The molecule has 1 amide bonds. The molecule has 0 bridgehead atoms. The van der Waals surface area contributed by atoms with E-state index in [1.165, 1.54) is 0 Å². The Hall–Kier alpha value is -2.28. The summed E-state index contributed by atoms with van der Waals surface area (Å²) in [7, 11) is 0. The van der Waals surface area contributed by atoms with Gasteiger partial charge in [-0.15, -0.1) is 0 Å². The van der Waals surface area contributed by atoms with Crippen molar-refractivity contribution in [3.8, 4) is 0 Å². The van der Waals surface area contributed by atoms with E-state index in [-0.39, 0.29) is 18.6 Å². The number of rotatable bonds is 6. The van der Waals surface area contributed by atoms with Crippen LogP contribution in [0.15, 0.2) is 24.8 Å². The Morgan fingerprint density at radius 2 is 2.17 bits per heavy atom. The van der Waals surface area contributed by atoms with Crippen molar-refractivity contribution < 1.29 is 9.53 Å². The summed E-state index contributed by atoms with van der Waals surface area (Å²) in [5, 5.41) is 2.89. The zero-order chi connectivity index (χ0) is 16.8. The number of nitrogens with zero attached hydrogens (tertiary/aromatic N) is 4. The van der Waals surface area contributed by atoms with Gasteiger partial charge in [0.1, 0.15) is 18.5 Å². The van der Waals surface area contributed by atoms with Crippen molar-refractivity contribution in [1.82, 2.24) is 24.8 Å². The normalized spacial score (nSPS) is 17.6. The van der Waals surface area contributed by atoms with Crippen molar-refractivity contribution >= 4 is 5.91 Å². The Balaban J connectivity index is 1.50. The van der Waals surface area contributed by atoms with E-state index in [1.807, 2.05) is 17.7 Å². The Kier molecular flexibility index (Phi) is 5.53. The minimum Gasteiger partial charge on any atom is -0.370 e. The monoisotopic (exact) mass is 329 g/mol. The van der Waals surface area contributed by atoms with Gasteiger partial charge in [0.2, 0.25) is 5.91 Å². The van der Waals surface area contributed by atoms with Crippen molar-refractivity contribution in [2.75, 3.05) is 6.61 Å². The predicted octanol–water partition coefficient (Wildman–Crippen LogP) is 1.79. The highest BCUT2D eigenvalue weighted by atomic mass is 16.5. The van der Waals surface area contributed by atoms with Crippen LogP contribution in [0, 0.1) is 0 Å². The van der Waals surface area contributed by atoms with Gasteiger partial charge < -0.3 is 14.6 Å². The van der Waals surface area contributed by atoms with E-state index in [1.54, 1.807) is 18.6 Å². The van der Waals surface area contributed by atoms with Crippen LogP contribution < -0.4 is 5.32 Å². The number of imidazole rings is 1. The van der Waals surface area contributed by atoms with Gasteiger partial charge in [0.25, 0.3) is 0 Å². The molecule has 1 saturated heterocycles. The third-order valence-corrected chi connectivity index (χ3v) is 4.11. The van der Waals surface area contributed by atoms with E-state index in [9.17, 15) is 4.79 Å². The summed E-state index contributed by atoms with van der Waals surface area (Å²) in [6.07, 6.45) is 11.1. The molecule has 128 valence electrons. The molecule has 2 aromatic heterocycles. The average Bonchev–Trinajstić information content (AvgIpc) is 3.08. The number of ether oxygens (including phenoxy) is 1. The van der Waals surface area contributed by atoms with Gasteiger partial charge in [0.15, 0.2) is 5.82 Å². The van der Waals surface area contributed by atoms with Gasteiger partial charge in [-0.3, -0.25) is 4.79 Å². The first-order valence-corrected chi connectivity index (χ1v) is 8.45. The van der Waals surface area contributed by atoms with Gasteiger partial charge in [0.05, 0.1) is 0 Å². The van der Waals surface area contributed by atoms with Gasteiger partial charge in [-0.05, 0) is 19.3 Å². The van der Waals surface area contributed by atoms with Crippen molar-refractivity contribution in [3.63, 3.8) is 0 Å². The van der Waals surface area contributed by atoms with E-state index in [0.29, 0.717) is 6.54 Å². The smallest absolute Gasteiger partial charge is 0.240 e. The van der Waals surface area contributed by atoms with Crippen LogP contribution in [0.1, 0.15) is 49.5 Å². The van der Waals surface area contributed by atoms with Crippen LogP contribution in [0.5, 0.6) is 0 Å². The Bertz CT molecular complexity index is 662. The molecule has 3 rings (SSSR count). The molecule has 7 nitrogen and oxygen atoms in total. The zero-order valence-electron chi connectivity index (χ0n) is 13.9. The van der Waals surface area contributed by atoms with Crippen LogP contribution in [-0.2, 0) is 29.0 Å². The van der Waals surface area contributed by atoms with Crippen LogP contribution in [0.2, 0.25) is 0 Å². The topological polar surface area (TPSA) is 81.9 Å². The number of aromatic nitrogens is 4. The molecule has 1 atom stereocenters. The fourth-order valence-corrected chi connectivity index (χ4v) is 2.78. The third kappa shape index (κ3) is 4.17. The van der Waals surface area contributed by atoms with E-state index < -0.39 is 0 Å². The first-order valence-electron chi connectivity index (χ1n) is 8.45. The number of carbonyl (C=O) groups excluding carboxylic acids is 1.